The second kappa shape index (κ2) is 73.8. The smallest absolute Gasteiger partial charge is 0.305 e. The second-order valence-electron chi connectivity index (χ2n) is 29.2. The molecule has 0 bridgehead atoms. The second-order valence-corrected chi connectivity index (χ2v) is 29.2. The molecule has 1 aliphatic rings. The Balaban J connectivity index is 1.85. The van der Waals surface area contributed by atoms with Gasteiger partial charge in [-0.2, -0.15) is 0 Å². The predicted octanol–water partition coefficient (Wildman–Crippen LogP) is 23.0. The molecule has 1 saturated heterocycles. The Morgan fingerprint density at radius 3 is 1.10 bits per heavy atom. The van der Waals surface area contributed by atoms with E-state index < -0.39 is 49.5 Å². The molecule has 0 aromatic carbocycles. The van der Waals surface area contributed by atoms with Gasteiger partial charge in [0, 0.05) is 12.8 Å². The summed E-state index contributed by atoms with van der Waals surface area (Å²) in [6, 6.07) is -0.825. The molecule has 1 rings (SSSR count). The standard InChI is InChI=1S/C85H159NO10/c1-3-5-7-9-11-13-15-16-17-18-40-44-47-50-53-57-61-65-69-73-81(90)94-74-70-66-62-58-54-51-48-45-42-39-37-35-33-31-29-27-25-23-21-19-20-22-24-26-28-30-32-34-36-38-41-43-46-49-52-56-60-64-68-72-80(89)86-77(76-95-85-84(93)83(92)82(91)79(75-87)96-85)78(88)71-67-63-59-55-14-12-10-8-6-4-2/h14,19-20,23,25,55,67,71,77-79,82-85,87-88,91-93H,3-13,15-18,21-22,24,26-54,56-66,68-70,72-76H2,1-2H3,(H,86,89)/b20-19-,25-23-,55-14+,71-67+. The van der Waals surface area contributed by atoms with Crippen molar-refractivity contribution in [3.05, 3.63) is 48.6 Å². The zero-order valence-corrected chi connectivity index (χ0v) is 63.1. The number of carbonyl (C=O) groups excluding carboxylic acids is 2. The van der Waals surface area contributed by atoms with Crippen LogP contribution < -0.4 is 5.32 Å². The predicted molar refractivity (Wildman–Crippen MR) is 407 cm³/mol. The number of aliphatic hydroxyl groups excluding tert-OH is 5. The van der Waals surface area contributed by atoms with E-state index in [1.165, 1.54) is 334 Å². The fraction of sp³-hybridized carbons (Fsp3) is 0.882. The third kappa shape index (κ3) is 61.5. The Morgan fingerprint density at radius 2 is 0.708 bits per heavy atom. The summed E-state index contributed by atoms with van der Waals surface area (Å²) in [6.07, 6.45) is 89.0. The van der Waals surface area contributed by atoms with E-state index in [-0.39, 0.29) is 18.5 Å². The highest BCUT2D eigenvalue weighted by Gasteiger charge is 2.44. The first-order valence-corrected chi connectivity index (χ1v) is 41.9. The number of amides is 1. The molecule has 11 nitrogen and oxygen atoms in total. The average Bonchev–Trinajstić information content (AvgIpc) is 0.836. The van der Waals surface area contributed by atoms with Crippen LogP contribution in [-0.4, -0.2) is 100 Å². The Bertz CT molecular complexity index is 1740. The SMILES string of the molecule is CCCCCC/C=C/CC/C=C/C(O)C(COC1OC(CO)C(O)C(O)C1O)NC(=O)CCCCCCCCCCCCCCCCCCC/C=C\C/C=C\CCCCCCCCCCCCCCCCCOC(=O)CCCCCCCCCCCCCCCCCCCCC. The van der Waals surface area contributed by atoms with Crippen LogP contribution in [0.25, 0.3) is 0 Å². The number of ether oxygens (including phenoxy) is 3. The minimum Gasteiger partial charge on any atom is -0.466 e. The van der Waals surface area contributed by atoms with Crippen molar-refractivity contribution < 1.29 is 49.3 Å². The number of nitrogens with one attached hydrogen (secondary N) is 1. The summed E-state index contributed by atoms with van der Waals surface area (Å²) in [7, 11) is 0. The van der Waals surface area contributed by atoms with E-state index in [9.17, 15) is 35.1 Å². The van der Waals surface area contributed by atoms with Gasteiger partial charge in [0.2, 0.25) is 5.91 Å². The van der Waals surface area contributed by atoms with E-state index in [4.69, 9.17) is 14.2 Å². The molecular weight excluding hydrogens is 1190 g/mol. The summed E-state index contributed by atoms with van der Waals surface area (Å²) in [5, 5.41) is 54.4. The summed E-state index contributed by atoms with van der Waals surface area (Å²) >= 11 is 0. The lowest BCUT2D eigenvalue weighted by molar-refractivity contribution is -0.302. The summed E-state index contributed by atoms with van der Waals surface area (Å²) in [5.74, 6) is -0.169. The maximum atomic E-state index is 13.0. The first-order chi connectivity index (χ1) is 47.2. The molecule has 1 heterocycles. The molecule has 1 fully saturated rings. The number of aliphatic hydroxyl groups is 5. The average molecular weight is 1360 g/mol. The Kier molecular flexibility index (Phi) is 70.5. The van der Waals surface area contributed by atoms with Crippen LogP contribution in [0.3, 0.4) is 0 Å². The molecule has 1 aliphatic heterocycles. The van der Waals surface area contributed by atoms with E-state index in [2.05, 4.69) is 55.6 Å². The normalized spacial score (nSPS) is 17.5. The molecule has 0 saturated carbocycles. The highest BCUT2D eigenvalue weighted by Crippen LogP contribution is 2.24. The molecule has 0 spiro atoms. The quantitative estimate of drug-likeness (QED) is 0.0195. The van der Waals surface area contributed by atoms with Crippen molar-refractivity contribution >= 4 is 11.9 Å². The van der Waals surface area contributed by atoms with Crippen molar-refractivity contribution in [2.75, 3.05) is 19.8 Å². The van der Waals surface area contributed by atoms with Crippen molar-refractivity contribution in [2.45, 2.75) is 461 Å². The number of hydrogen-bond acceptors (Lipinski definition) is 10. The van der Waals surface area contributed by atoms with Crippen LogP contribution in [0.2, 0.25) is 0 Å². The summed E-state index contributed by atoms with van der Waals surface area (Å²) in [6.45, 7) is 4.35. The fourth-order valence-corrected chi connectivity index (χ4v) is 13.4. The molecule has 6 N–H and O–H groups in total. The van der Waals surface area contributed by atoms with Crippen LogP contribution in [-0.2, 0) is 23.8 Å². The molecular formula is C85H159NO10. The Labute approximate surface area is 593 Å². The maximum Gasteiger partial charge on any atom is 0.305 e. The molecule has 7 atom stereocenters. The highest BCUT2D eigenvalue weighted by molar-refractivity contribution is 5.76. The minimum atomic E-state index is -1.57. The van der Waals surface area contributed by atoms with Gasteiger partial charge >= 0.3 is 5.97 Å². The lowest BCUT2D eigenvalue weighted by Crippen LogP contribution is -2.60. The van der Waals surface area contributed by atoms with Gasteiger partial charge < -0.3 is 45.1 Å². The Morgan fingerprint density at radius 1 is 0.385 bits per heavy atom. The van der Waals surface area contributed by atoms with E-state index in [0.717, 1.165) is 57.8 Å². The van der Waals surface area contributed by atoms with Gasteiger partial charge in [-0.15, -0.1) is 0 Å². The van der Waals surface area contributed by atoms with E-state index in [1.807, 2.05) is 6.08 Å². The zero-order valence-electron chi connectivity index (χ0n) is 63.1. The van der Waals surface area contributed by atoms with Crippen LogP contribution in [0, 0.1) is 0 Å². The molecule has 0 radical (unpaired) electrons. The zero-order chi connectivity index (χ0) is 69.4. The summed E-state index contributed by atoms with van der Waals surface area (Å²) in [4.78, 5) is 25.2. The third-order valence-electron chi connectivity index (χ3n) is 19.9. The molecule has 1 amide bonds. The summed E-state index contributed by atoms with van der Waals surface area (Å²) < 4.78 is 16.8. The number of carbonyl (C=O) groups is 2. The van der Waals surface area contributed by atoms with Crippen LogP contribution in [0.4, 0.5) is 0 Å². The van der Waals surface area contributed by atoms with Crippen LogP contribution >= 0.6 is 0 Å². The van der Waals surface area contributed by atoms with Crippen molar-refractivity contribution in [1.82, 2.24) is 5.32 Å². The molecule has 96 heavy (non-hydrogen) atoms. The molecule has 0 aliphatic carbocycles. The van der Waals surface area contributed by atoms with Gasteiger partial charge in [-0.3, -0.25) is 9.59 Å². The van der Waals surface area contributed by atoms with Crippen molar-refractivity contribution in [2.24, 2.45) is 0 Å². The number of unbranched alkanes of at least 4 members (excludes halogenated alkanes) is 55. The van der Waals surface area contributed by atoms with E-state index in [0.29, 0.717) is 19.4 Å². The van der Waals surface area contributed by atoms with Crippen LogP contribution in [0.1, 0.15) is 418 Å². The number of allylic oxidation sites excluding steroid dienone is 7. The lowest BCUT2D eigenvalue weighted by Gasteiger charge is -2.40. The topological polar surface area (TPSA) is 175 Å². The van der Waals surface area contributed by atoms with Crippen molar-refractivity contribution in [3.63, 3.8) is 0 Å². The third-order valence-corrected chi connectivity index (χ3v) is 19.9. The van der Waals surface area contributed by atoms with Crippen molar-refractivity contribution in [3.8, 4) is 0 Å². The first kappa shape index (κ1) is 91.6. The van der Waals surface area contributed by atoms with E-state index >= 15 is 0 Å². The van der Waals surface area contributed by atoms with Gasteiger partial charge in [-0.05, 0) is 77.0 Å². The molecule has 7 unspecified atom stereocenters. The monoisotopic (exact) mass is 1350 g/mol. The minimum absolute atomic E-state index is 0.0199. The maximum absolute atomic E-state index is 13.0. The first-order valence-electron chi connectivity index (χ1n) is 41.9. The van der Waals surface area contributed by atoms with Gasteiger partial charge in [0.1, 0.15) is 24.4 Å². The van der Waals surface area contributed by atoms with Gasteiger partial charge in [0.15, 0.2) is 6.29 Å². The van der Waals surface area contributed by atoms with Gasteiger partial charge in [-0.1, -0.05) is 377 Å². The number of hydrogen-bond donors (Lipinski definition) is 6. The largest absolute Gasteiger partial charge is 0.466 e. The van der Waals surface area contributed by atoms with Gasteiger partial charge in [0.05, 0.1) is 32.0 Å². The van der Waals surface area contributed by atoms with Gasteiger partial charge in [-0.25, -0.2) is 0 Å². The molecule has 564 valence electrons. The molecule has 11 heteroatoms. The molecule has 0 aromatic rings. The summed E-state index contributed by atoms with van der Waals surface area (Å²) in [5.41, 5.74) is 0. The Hall–Kier alpha value is -2.38. The number of rotatable bonds is 75. The highest BCUT2D eigenvalue weighted by atomic mass is 16.7. The van der Waals surface area contributed by atoms with Crippen LogP contribution in [0.15, 0.2) is 48.6 Å². The van der Waals surface area contributed by atoms with Crippen molar-refractivity contribution in [1.29, 1.82) is 0 Å². The molecule has 0 aromatic heterocycles. The van der Waals surface area contributed by atoms with Gasteiger partial charge in [0.25, 0.3) is 0 Å². The lowest BCUT2D eigenvalue weighted by atomic mass is 9.99. The van der Waals surface area contributed by atoms with E-state index in [1.54, 1.807) is 6.08 Å². The fourth-order valence-electron chi connectivity index (χ4n) is 13.4. The van der Waals surface area contributed by atoms with Crippen LogP contribution in [0.5, 0.6) is 0 Å². The number of esters is 1.